The summed E-state index contributed by atoms with van der Waals surface area (Å²) in [7, 11) is 1.26. The van der Waals surface area contributed by atoms with E-state index in [1.54, 1.807) is 24.3 Å². The summed E-state index contributed by atoms with van der Waals surface area (Å²) >= 11 is 1.18. The van der Waals surface area contributed by atoms with E-state index >= 15 is 0 Å². The maximum absolute atomic E-state index is 11.8. The average molecular weight is 311 g/mol. The van der Waals surface area contributed by atoms with Gasteiger partial charge in [0.25, 0.3) is 0 Å². The van der Waals surface area contributed by atoms with Crippen LogP contribution >= 0.6 is 11.8 Å². The molecule has 0 aliphatic heterocycles. The summed E-state index contributed by atoms with van der Waals surface area (Å²) in [4.78, 5) is 34.0. The Labute approximate surface area is 126 Å². The van der Waals surface area contributed by atoms with E-state index in [0.717, 1.165) is 0 Å². The molecular weight excluding hydrogens is 294 g/mol. The van der Waals surface area contributed by atoms with Gasteiger partial charge in [0.05, 0.1) is 18.1 Å². The topological polar surface area (TPSA) is 92.7 Å². The van der Waals surface area contributed by atoms with E-state index in [4.69, 9.17) is 5.11 Å². The Morgan fingerprint density at radius 3 is 2.48 bits per heavy atom. The Balaban J connectivity index is 2.25. The molecule has 21 heavy (non-hydrogen) atoms. The van der Waals surface area contributed by atoms with Crippen LogP contribution in [0.25, 0.3) is 0 Å². The number of carboxylic acids is 1. The number of benzene rings is 1. The molecule has 6 nitrogen and oxygen atoms in total. The number of methoxy groups -OCH3 is 1. The molecule has 0 bridgehead atoms. The quantitative estimate of drug-likeness (QED) is 0.656. The SMILES string of the molecule is COC(CNC(=O)CSCC(=O)c1ccccc1)C(=O)O. The highest BCUT2D eigenvalue weighted by Gasteiger charge is 2.17. The number of amides is 1. The number of ether oxygens (including phenoxy) is 1. The minimum absolute atomic E-state index is 0.0475. The second kappa shape index (κ2) is 9.15. The zero-order valence-corrected chi connectivity index (χ0v) is 12.4. The van der Waals surface area contributed by atoms with E-state index in [-0.39, 0.29) is 29.7 Å². The molecule has 1 amide bonds. The monoisotopic (exact) mass is 311 g/mol. The van der Waals surface area contributed by atoms with Crippen molar-refractivity contribution in [2.45, 2.75) is 6.10 Å². The molecule has 1 aromatic carbocycles. The van der Waals surface area contributed by atoms with Crippen molar-refractivity contribution in [3.05, 3.63) is 35.9 Å². The van der Waals surface area contributed by atoms with Crippen LogP contribution in [-0.2, 0) is 14.3 Å². The summed E-state index contributed by atoms with van der Waals surface area (Å²) in [5, 5.41) is 11.2. The molecule has 0 heterocycles. The van der Waals surface area contributed by atoms with Gasteiger partial charge < -0.3 is 15.2 Å². The second-order valence-corrected chi connectivity index (χ2v) is 5.13. The van der Waals surface area contributed by atoms with Crippen molar-refractivity contribution >= 4 is 29.4 Å². The third kappa shape index (κ3) is 6.42. The van der Waals surface area contributed by atoms with E-state index in [1.807, 2.05) is 6.07 Å². The third-order valence-corrected chi connectivity index (χ3v) is 3.54. The van der Waals surface area contributed by atoms with Gasteiger partial charge >= 0.3 is 5.97 Å². The fourth-order valence-electron chi connectivity index (χ4n) is 1.47. The number of nitrogens with one attached hydrogen (secondary N) is 1. The summed E-state index contributed by atoms with van der Waals surface area (Å²) in [5.41, 5.74) is 0.607. The van der Waals surface area contributed by atoms with Crippen molar-refractivity contribution in [3.63, 3.8) is 0 Å². The first-order valence-electron chi connectivity index (χ1n) is 6.23. The van der Waals surface area contributed by atoms with Crippen LogP contribution in [0.1, 0.15) is 10.4 Å². The molecule has 0 saturated carbocycles. The Kier molecular flexibility index (Phi) is 7.49. The zero-order chi connectivity index (χ0) is 15.7. The molecular formula is C14H17NO5S. The van der Waals surface area contributed by atoms with Gasteiger partial charge in [0.1, 0.15) is 0 Å². The lowest BCUT2D eigenvalue weighted by molar-refractivity contribution is -0.148. The van der Waals surface area contributed by atoms with Gasteiger partial charge in [0.15, 0.2) is 11.9 Å². The third-order valence-electron chi connectivity index (χ3n) is 2.61. The zero-order valence-electron chi connectivity index (χ0n) is 11.6. The second-order valence-electron chi connectivity index (χ2n) is 4.15. The number of carbonyl (C=O) groups is 3. The number of carboxylic acid groups (broad SMARTS) is 1. The number of thioether (sulfide) groups is 1. The van der Waals surface area contributed by atoms with Crippen LogP contribution in [0.2, 0.25) is 0 Å². The molecule has 0 aliphatic carbocycles. The first-order chi connectivity index (χ1) is 10.0. The number of Topliss-reactive ketones (excluding diaryl/α,β-unsaturated/α-hetero) is 1. The van der Waals surface area contributed by atoms with Crippen LogP contribution in [0.5, 0.6) is 0 Å². The first kappa shape index (κ1) is 17.2. The lowest BCUT2D eigenvalue weighted by Crippen LogP contribution is -2.38. The molecule has 0 radical (unpaired) electrons. The average Bonchev–Trinajstić information content (AvgIpc) is 2.48. The molecule has 0 saturated heterocycles. The lowest BCUT2D eigenvalue weighted by Gasteiger charge is -2.11. The van der Waals surface area contributed by atoms with Crippen LogP contribution in [0, 0.1) is 0 Å². The van der Waals surface area contributed by atoms with E-state index in [1.165, 1.54) is 18.9 Å². The van der Waals surface area contributed by atoms with E-state index in [0.29, 0.717) is 5.56 Å². The highest BCUT2D eigenvalue weighted by atomic mass is 32.2. The van der Waals surface area contributed by atoms with Gasteiger partial charge in [-0.2, -0.15) is 0 Å². The first-order valence-corrected chi connectivity index (χ1v) is 7.38. The Bertz CT molecular complexity index is 491. The van der Waals surface area contributed by atoms with Crippen molar-refractivity contribution in [1.82, 2.24) is 5.32 Å². The molecule has 1 aromatic rings. The van der Waals surface area contributed by atoms with Gasteiger partial charge in [0.2, 0.25) is 5.91 Å². The predicted molar refractivity (Wildman–Crippen MR) is 79.5 cm³/mol. The maximum Gasteiger partial charge on any atom is 0.334 e. The smallest absolute Gasteiger partial charge is 0.334 e. The van der Waals surface area contributed by atoms with Gasteiger partial charge in [0, 0.05) is 12.7 Å². The van der Waals surface area contributed by atoms with E-state index in [9.17, 15) is 14.4 Å². The minimum Gasteiger partial charge on any atom is -0.479 e. The van der Waals surface area contributed by atoms with Crippen LogP contribution in [0.4, 0.5) is 0 Å². The van der Waals surface area contributed by atoms with Crippen molar-refractivity contribution in [2.75, 3.05) is 25.2 Å². The van der Waals surface area contributed by atoms with Crippen LogP contribution in [0.15, 0.2) is 30.3 Å². The highest BCUT2D eigenvalue weighted by molar-refractivity contribution is 8.00. The number of aliphatic carboxylic acids is 1. The molecule has 1 unspecified atom stereocenters. The molecule has 7 heteroatoms. The highest BCUT2D eigenvalue weighted by Crippen LogP contribution is 2.07. The van der Waals surface area contributed by atoms with E-state index < -0.39 is 12.1 Å². The number of carbonyl (C=O) groups excluding carboxylic acids is 2. The van der Waals surface area contributed by atoms with Gasteiger partial charge in [-0.1, -0.05) is 30.3 Å². The molecule has 1 atom stereocenters. The van der Waals surface area contributed by atoms with Gasteiger partial charge in [-0.05, 0) is 0 Å². The Morgan fingerprint density at radius 2 is 1.90 bits per heavy atom. The van der Waals surface area contributed by atoms with Gasteiger partial charge in [-0.25, -0.2) is 4.79 Å². The minimum atomic E-state index is -1.13. The number of ketones is 1. The summed E-state index contributed by atoms with van der Waals surface area (Å²) in [6.07, 6.45) is -1.06. The normalized spacial score (nSPS) is 11.7. The molecule has 1 rings (SSSR count). The lowest BCUT2D eigenvalue weighted by atomic mass is 10.2. The van der Waals surface area contributed by atoms with Crippen LogP contribution in [-0.4, -0.2) is 54.0 Å². The van der Waals surface area contributed by atoms with Crippen molar-refractivity contribution in [3.8, 4) is 0 Å². The maximum atomic E-state index is 11.8. The van der Waals surface area contributed by atoms with Gasteiger partial charge in [-0.15, -0.1) is 11.8 Å². The van der Waals surface area contributed by atoms with Crippen LogP contribution < -0.4 is 5.32 Å². The largest absolute Gasteiger partial charge is 0.479 e. The number of rotatable bonds is 9. The molecule has 0 fully saturated rings. The Hall–Kier alpha value is -1.86. The summed E-state index contributed by atoms with van der Waals surface area (Å²) in [6.45, 7) is -0.0993. The van der Waals surface area contributed by atoms with E-state index in [2.05, 4.69) is 10.1 Å². The van der Waals surface area contributed by atoms with Crippen molar-refractivity contribution in [2.24, 2.45) is 0 Å². The predicted octanol–water partition coefficient (Wildman–Crippen LogP) is 0.818. The van der Waals surface area contributed by atoms with Gasteiger partial charge in [-0.3, -0.25) is 9.59 Å². The molecule has 0 spiro atoms. The van der Waals surface area contributed by atoms with Crippen LogP contribution in [0.3, 0.4) is 0 Å². The number of hydrogen-bond donors (Lipinski definition) is 2. The fraction of sp³-hybridized carbons (Fsp3) is 0.357. The standard InChI is InChI=1S/C14H17NO5S/c1-20-12(14(18)19)7-15-13(17)9-21-8-11(16)10-5-3-2-4-6-10/h2-6,12H,7-9H2,1H3,(H,15,17)(H,18,19). The molecule has 114 valence electrons. The molecule has 2 N–H and O–H groups in total. The molecule has 0 aromatic heterocycles. The summed E-state index contributed by atoms with van der Waals surface area (Å²) < 4.78 is 4.69. The molecule has 0 aliphatic rings. The Morgan fingerprint density at radius 1 is 1.24 bits per heavy atom. The van der Waals surface area contributed by atoms with Crippen molar-refractivity contribution in [1.29, 1.82) is 0 Å². The fourth-order valence-corrected chi connectivity index (χ4v) is 2.21. The van der Waals surface area contributed by atoms with Crippen molar-refractivity contribution < 1.29 is 24.2 Å². The summed E-state index contributed by atoms with van der Waals surface area (Å²) in [5.74, 6) is -1.22. The summed E-state index contributed by atoms with van der Waals surface area (Å²) in [6, 6.07) is 8.83. The number of hydrogen-bond acceptors (Lipinski definition) is 5.